The fraction of sp³-hybridized carbons (Fsp3) is 0.318. The number of hydrogen-bond acceptors (Lipinski definition) is 5. The molecular weight excluding hydrogens is 372 g/mol. The molecular formula is C22H24N2O5. The number of aryl methyl sites for hydroxylation is 1. The monoisotopic (exact) mass is 396 g/mol. The van der Waals surface area contributed by atoms with Gasteiger partial charge in [-0.2, -0.15) is 0 Å². The van der Waals surface area contributed by atoms with E-state index in [2.05, 4.69) is 10.6 Å². The number of epoxide rings is 1. The molecule has 3 atom stereocenters. The summed E-state index contributed by atoms with van der Waals surface area (Å²) in [5, 5.41) is 5.52. The number of ether oxygens (including phenoxy) is 2. The third kappa shape index (κ3) is 5.89. The van der Waals surface area contributed by atoms with Gasteiger partial charge in [0.2, 0.25) is 5.91 Å². The summed E-state index contributed by atoms with van der Waals surface area (Å²) in [5.74, 6) is -1.39. The summed E-state index contributed by atoms with van der Waals surface area (Å²) in [5.41, 5.74) is 1.70. The lowest BCUT2D eigenvalue weighted by atomic mass is 10.0. The maximum absolute atomic E-state index is 12.8. The van der Waals surface area contributed by atoms with Gasteiger partial charge in [0.15, 0.2) is 12.2 Å². The van der Waals surface area contributed by atoms with Crippen LogP contribution < -0.4 is 10.6 Å². The zero-order valence-electron chi connectivity index (χ0n) is 16.2. The van der Waals surface area contributed by atoms with E-state index in [4.69, 9.17) is 9.47 Å². The number of esters is 1. The summed E-state index contributed by atoms with van der Waals surface area (Å²) in [6.45, 7) is 1.90. The molecule has 2 amide bonds. The molecule has 0 radical (unpaired) electrons. The minimum absolute atomic E-state index is 0.214. The predicted octanol–water partition coefficient (Wildman–Crippen LogP) is 2.07. The van der Waals surface area contributed by atoms with Crippen LogP contribution in [0, 0.1) is 0 Å². The van der Waals surface area contributed by atoms with E-state index in [9.17, 15) is 14.4 Å². The van der Waals surface area contributed by atoms with Gasteiger partial charge in [0, 0.05) is 5.69 Å². The maximum Gasteiger partial charge on any atom is 0.338 e. The fourth-order valence-corrected chi connectivity index (χ4v) is 2.94. The first-order valence-corrected chi connectivity index (χ1v) is 9.60. The van der Waals surface area contributed by atoms with Crippen LogP contribution in [-0.4, -0.2) is 42.6 Å². The summed E-state index contributed by atoms with van der Waals surface area (Å²) >= 11 is 0. The third-order valence-corrected chi connectivity index (χ3v) is 4.51. The van der Waals surface area contributed by atoms with Crippen molar-refractivity contribution in [2.45, 2.75) is 38.0 Å². The predicted molar refractivity (Wildman–Crippen MR) is 107 cm³/mol. The van der Waals surface area contributed by atoms with Crippen molar-refractivity contribution in [2.75, 3.05) is 11.9 Å². The first-order chi connectivity index (χ1) is 14.1. The van der Waals surface area contributed by atoms with E-state index < -0.39 is 30.1 Å². The van der Waals surface area contributed by atoms with Gasteiger partial charge in [-0.25, -0.2) is 4.79 Å². The number of nitrogens with one attached hydrogen (secondary N) is 2. The van der Waals surface area contributed by atoms with Gasteiger partial charge in [0.25, 0.3) is 5.91 Å². The molecule has 0 saturated carbocycles. The number of anilines is 1. The van der Waals surface area contributed by atoms with Gasteiger partial charge in [-0.3, -0.25) is 9.59 Å². The van der Waals surface area contributed by atoms with Crippen LogP contribution >= 0.6 is 0 Å². The Balaban J connectivity index is 1.63. The molecule has 1 heterocycles. The average Bonchev–Trinajstić information content (AvgIpc) is 3.54. The molecule has 29 heavy (non-hydrogen) atoms. The highest BCUT2D eigenvalue weighted by Crippen LogP contribution is 2.24. The van der Waals surface area contributed by atoms with Crippen molar-refractivity contribution in [3.63, 3.8) is 0 Å². The maximum atomic E-state index is 12.8. The van der Waals surface area contributed by atoms with Gasteiger partial charge >= 0.3 is 5.97 Å². The van der Waals surface area contributed by atoms with Crippen molar-refractivity contribution in [3.8, 4) is 0 Å². The number of benzene rings is 2. The Morgan fingerprint density at radius 2 is 1.66 bits per heavy atom. The van der Waals surface area contributed by atoms with E-state index in [0.717, 1.165) is 5.56 Å². The Bertz CT molecular complexity index is 841. The second-order valence-electron chi connectivity index (χ2n) is 6.67. The van der Waals surface area contributed by atoms with E-state index in [-0.39, 0.29) is 12.5 Å². The lowest BCUT2D eigenvalue weighted by Gasteiger charge is -2.18. The number of rotatable bonds is 9. The van der Waals surface area contributed by atoms with Crippen molar-refractivity contribution in [3.05, 3.63) is 66.2 Å². The molecule has 0 spiro atoms. The molecule has 7 heteroatoms. The van der Waals surface area contributed by atoms with E-state index in [1.807, 2.05) is 48.5 Å². The molecule has 0 aliphatic carbocycles. The van der Waals surface area contributed by atoms with Gasteiger partial charge in [-0.05, 0) is 37.5 Å². The summed E-state index contributed by atoms with van der Waals surface area (Å²) in [7, 11) is 0. The largest absolute Gasteiger partial charge is 0.464 e. The van der Waals surface area contributed by atoms with Crippen molar-refractivity contribution in [2.24, 2.45) is 0 Å². The Kier molecular flexibility index (Phi) is 6.97. The molecule has 0 bridgehead atoms. The summed E-state index contributed by atoms with van der Waals surface area (Å²) < 4.78 is 10.00. The molecule has 2 aromatic carbocycles. The van der Waals surface area contributed by atoms with Crippen molar-refractivity contribution in [1.82, 2.24) is 5.32 Å². The highest BCUT2D eigenvalue weighted by atomic mass is 16.6. The molecule has 7 nitrogen and oxygen atoms in total. The van der Waals surface area contributed by atoms with Gasteiger partial charge < -0.3 is 20.1 Å². The summed E-state index contributed by atoms with van der Waals surface area (Å²) in [6.07, 6.45) is -0.800. The van der Waals surface area contributed by atoms with Crippen LogP contribution in [0.15, 0.2) is 60.7 Å². The number of para-hydroxylation sites is 1. The fourth-order valence-electron chi connectivity index (χ4n) is 2.94. The van der Waals surface area contributed by atoms with E-state index in [1.54, 1.807) is 19.1 Å². The van der Waals surface area contributed by atoms with Gasteiger partial charge in [0.1, 0.15) is 6.04 Å². The number of amides is 2. The van der Waals surface area contributed by atoms with Crippen LogP contribution in [0.5, 0.6) is 0 Å². The molecule has 1 fully saturated rings. The van der Waals surface area contributed by atoms with Gasteiger partial charge in [-0.1, -0.05) is 48.5 Å². The summed E-state index contributed by atoms with van der Waals surface area (Å²) in [4.78, 5) is 36.9. The molecule has 2 aromatic rings. The van der Waals surface area contributed by atoms with Crippen LogP contribution in [-0.2, 0) is 30.3 Å². The SMILES string of the molecule is CCOC(=O)[C@@H]1O[C@H]1C(=O)N[C@H](CCc1ccccc1)C(=O)Nc1ccccc1. The second kappa shape index (κ2) is 9.84. The minimum atomic E-state index is -0.919. The normalized spacial score (nSPS) is 18.4. The Morgan fingerprint density at radius 1 is 1.00 bits per heavy atom. The summed E-state index contributed by atoms with van der Waals surface area (Å²) in [6, 6.07) is 18.0. The van der Waals surface area contributed by atoms with Crippen molar-refractivity contribution >= 4 is 23.5 Å². The number of hydrogen-bond donors (Lipinski definition) is 2. The molecule has 0 aromatic heterocycles. The quantitative estimate of drug-likeness (QED) is 0.500. The van der Waals surface area contributed by atoms with Crippen LogP contribution in [0.3, 0.4) is 0 Å². The first kappa shape index (κ1) is 20.5. The third-order valence-electron chi connectivity index (χ3n) is 4.51. The van der Waals surface area contributed by atoms with E-state index in [0.29, 0.717) is 18.5 Å². The lowest BCUT2D eigenvalue weighted by Crippen LogP contribution is -2.46. The van der Waals surface area contributed by atoms with E-state index in [1.165, 1.54) is 0 Å². The minimum Gasteiger partial charge on any atom is -0.464 e. The topological polar surface area (TPSA) is 97.0 Å². The second-order valence-corrected chi connectivity index (χ2v) is 6.67. The van der Waals surface area contributed by atoms with Crippen molar-refractivity contribution < 1.29 is 23.9 Å². The molecule has 152 valence electrons. The Morgan fingerprint density at radius 3 is 2.31 bits per heavy atom. The molecule has 1 aliphatic heterocycles. The Labute approximate surface area is 169 Å². The molecule has 1 saturated heterocycles. The number of carbonyl (C=O) groups is 3. The van der Waals surface area contributed by atoms with Crippen LogP contribution in [0.4, 0.5) is 5.69 Å². The average molecular weight is 396 g/mol. The highest BCUT2D eigenvalue weighted by molar-refractivity contribution is 5.99. The molecule has 0 unspecified atom stereocenters. The molecule has 1 aliphatic rings. The number of carbonyl (C=O) groups excluding carboxylic acids is 3. The van der Waals surface area contributed by atoms with Crippen LogP contribution in [0.2, 0.25) is 0 Å². The first-order valence-electron chi connectivity index (χ1n) is 9.60. The standard InChI is InChI=1S/C22H24N2O5/c1-2-28-22(27)19-18(29-19)21(26)24-17(14-13-15-9-5-3-6-10-15)20(25)23-16-11-7-4-8-12-16/h3-12,17-19H,2,13-14H2,1H3,(H,23,25)(H,24,26)/t17-,18-,19-/m1/s1. The van der Waals surface area contributed by atoms with Gasteiger partial charge in [-0.15, -0.1) is 0 Å². The Hall–Kier alpha value is -3.19. The lowest BCUT2D eigenvalue weighted by molar-refractivity contribution is -0.144. The van der Waals surface area contributed by atoms with E-state index >= 15 is 0 Å². The van der Waals surface area contributed by atoms with Crippen LogP contribution in [0.1, 0.15) is 18.9 Å². The highest BCUT2D eigenvalue weighted by Gasteiger charge is 2.52. The molecule has 2 N–H and O–H groups in total. The zero-order valence-corrected chi connectivity index (χ0v) is 16.2. The zero-order chi connectivity index (χ0) is 20.6. The molecule has 3 rings (SSSR count). The van der Waals surface area contributed by atoms with Crippen molar-refractivity contribution in [1.29, 1.82) is 0 Å². The van der Waals surface area contributed by atoms with Gasteiger partial charge in [0.05, 0.1) is 6.61 Å². The van der Waals surface area contributed by atoms with Crippen LogP contribution in [0.25, 0.3) is 0 Å². The smallest absolute Gasteiger partial charge is 0.338 e.